The lowest BCUT2D eigenvalue weighted by atomic mass is 10.2. The highest BCUT2D eigenvalue weighted by atomic mass is 19.1. The van der Waals surface area contributed by atoms with E-state index in [-0.39, 0.29) is 11.7 Å². The molecule has 2 heterocycles. The van der Waals surface area contributed by atoms with E-state index in [4.69, 9.17) is 0 Å². The molecule has 0 unspecified atom stereocenters. The number of nitrogens with one attached hydrogen (secondary N) is 2. The number of carbonyl (C=O) groups excluding carboxylic acids is 1. The molecule has 4 rings (SSSR count). The van der Waals surface area contributed by atoms with Gasteiger partial charge in [0.15, 0.2) is 0 Å². The third-order valence-electron chi connectivity index (χ3n) is 4.41. The summed E-state index contributed by atoms with van der Waals surface area (Å²) in [5, 5.41) is 7.14. The van der Waals surface area contributed by atoms with Gasteiger partial charge in [0.05, 0.1) is 34.2 Å². The maximum atomic E-state index is 13.1. The van der Waals surface area contributed by atoms with E-state index in [0.29, 0.717) is 29.9 Å². The summed E-state index contributed by atoms with van der Waals surface area (Å²) in [4.78, 5) is 20.2. The number of imidazole rings is 1. The second-order valence-electron chi connectivity index (χ2n) is 6.24. The molecule has 1 amide bonds. The largest absolute Gasteiger partial charge is 0.351 e. The Kier molecular flexibility index (Phi) is 4.42. The van der Waals surface area contributed by atoms with E-state index in [2.05, 4.69) is 20.4 Å². The number of halogens is 1. The van der Waals surface area contributed by atoms with Gasteiger partial charge < -0.3 is 10.3 Å². The third-order valence-corrected chi connectivity index (χ3v) is 4.41. The van der Waals surface area contributed by atoms with Gasteiger partial charge in [-0.1, -0.05) is 12.1 Å². The Hall–Kier alpha value is -3.48. The van der Waals surface area contributed by atoms with Crippen LogP contribution in [-0.4, -0.2) is 32.2 Å². The number of aromatic nitrogens is 4. The molecule has 6 nitrogen and oxygen atoms in total. The fourth-order valence-corrected chi connectivity index (χ4v) is 2.99. The molecule has 0 aliphatic heterocycles. The average Bonchev–Trinajstić information content (AvgIpc) is 3.25. The molecule has 2 aromatic heterocycles. The van der Waals surface area contributed by atoms with Crippen molar-refractivity contribution in [2.75, 3.05) is 6.54 Å². The van der Waals surface area contributed by atoms with Gasteiger partial charge >= 0.3 is 0 Å². The Morgan fingerprint density at radius 3 is 2.74 bits per heavy atom. The van der Waals surface area contributed by atoms with Crippen LogP contribution >= 0.6 is 0 Å². The highest BCUT2D eigenvalue weighted by Crippen LogP contribution is 2.15. The first-order valence-electron chi connectivity index (χ1n) is 8.64. The van der Waals surface area contributed by atoms with Crippen molar-refractivity contribution in [3.05, 3.63) is 77.6 Å². The Morgan fingerprint density at radius 1 is 1.19 bits per heavy atom. The normalized spacial score (nSPS) is 11.0. The van der Waals surface area contributed by atoms with Gasteiger partial charge in [0.2, 0.25) is 0 Å². The molecular formula is C20H18FN5O. The van der Waals surface area contributed by atoms with Crippen molar-refractivity contribution < 1.29 is 9.18 Å². The zero-order valence-electron chi connectivity index (χ0n) is 14.7. The van der Waals surface area contributed by atoms with Crippen molar-refractivity contribution in [1.82, 2.24) is 25.1 Å². The maximum Gasteiger partial charge on any atom is 0.254 e. The van der Waals surface area contributed by atoms with E-state index in [9.17, 15) is 9.18 Å². The predicted molar refractivity (Wildman–Crippen MR) is 100 cm³/mol. The van der Waals surface area contributed by atoms with Gasteiger partial charge in [-0.3, -0.25) is 4.79 Å². The average molecular weight is 363 g/mol. The molecule has 2 aromatic carbocycles. The van der Waals surface area contributed by atoms with Crippen LogP contribution in [0.25, 0.3) is 16.7 Å². The molecule has 0 aliphatic carbocycles. The molecule has 27 heavy (non-hydrogen) atoms. The van der Waals surface area contributed by atoms with Crippen LogP contribution in [0.1, 0.15) is 21.9 Å². The summed E-state index contributed by atoms with van der Waals surface area (Å²) in [7, 11) is 0. The fourth-order valence-electron chi connectivity index (χ4n) is 2.99. The van der Waals surface area contributed by atoms with Crippen LogP contribution in [0, 0.1) is 12.7 Å². The number of benzene rings is 2. The van der Waals surface area contributed by atoms with E-state index in [1.807, 2.05) is 31.2 Å². The van der Waals surface area contributed by atoms with Crippen LogP contribution in [-0.2, 0) is 6.42 Å². The first-order valence-corrected chi connectivity index (χ1v) is 8.64. The standard InChI is InChI=1S/C20H18FN5O/c1-13-16(12-23-26(13)15-8-6-14(21)7-9-15)20(27)22-11-10-19-24-17-4-2-3-5-18(17)25-19/h2-9,12H,10-11H2,1H3,(H,22,27)(H,24,25). The van der Waals surface area contributed by atoms with Gasteiger partial charge in [0.1, 0.15) is 11.6 Å². The molecule has 0 saturated carbocycles. The van der Waals surface area contributed by atoms with Crippen LogP contribution in [0.15, 0.2) is 54.7 Å². The van der Waals surface area contributed by atoms with Crippen LogP contribution in [0.5, 0.6) is 0 Å². The molecule has 0 spiro atoms. The van der Waals surface area contributed by atoms with Gasteiger partial charge in [-0.2, -0.15) is 5.10 Å². The summed E-state index contributed by atoms with van der Waals surface area (Å²) < 4.78 is 14.7. The van der Waals surface area contributed by atoms with E-state index < -0.39 is 0 Å². The number of hydrogen-bond acceptors (Lipinski definition) is 3. The molecule has 0 radical (unpaired) electrons. The topological polar surface area (TPSA) is 75.6 Å². The van der Waals surface area contributed by atoms with E-state index in [1.165, 1.54) is 18.3 Å². The van der Waals surface area contributed by atoms with E-state index >= 15 is 0 Å². The van der Waals surface area contributed by atoms with Crippen LogP contribution < -0.4 is 5.32 Å². The minimum atomic E-state index is -0.313. The summed E-state index contributed by atoms with van der Waals surface area (Å²) in [5.41, 5.74) is 3.78. The Balaban J connectivity index is 1.41. The molecular weight excluding hydrogens is 345 g/mol. The van der Waals surface area contributed by atoms with Gasteiger partial charge in [-0.15, -0.1) is 0 Å². The summed E-state index contributed by atoms with van der Waals surface area (Å²) in [6.07, 6.45) is 2.13. The number of rotatable bonds is 5. The molecule has 0 fully saturated rings. The monoisotopic (exact) mass is 363 g/mol. The minimum Gasteiger partial charge on any atom is -0.351 e. The van der Waals surface area contributed by atoms with Crippen LogP contribution in [0.3, 0.4) is 0 Å². The summed E-state index contributed by atoms with van der Waals surface area (Å²) in [5.74, 6) is 0.319. The molecule has 7 heteroatoms. The second-order valence-corrected chi connectivity index (χ2v) is 6.24. The highest BCUT2D eigenvalue weighted by molar-refractivity contribution is 5.95. The van der Waals surface area contributed by atoms with Gasteiger partial charge in [0, 0.05) is 13.0 Å². The third kappa shape index (κ3) is 3.44. The number of nitrogens with zero attached hydrogens (tertiary/aromatic N) is 3. The highest BCUT2D eigenvalue weighted by Gasteiger charge is 2.15. The predicted octanol–water partition coefficient (Wildman–Crippen LogP) is 3.17. The van der Waals surface area contributed by atoms with Crippen molar-refractivity contribution >= 4 is 16.9 Å². The lowest BCUT2D eigenvalue weighted by Gasteiger charge is -2.06. The number of para-hydroxylation sites is 2. The maximum absolute atomic E-state index is 13.1. The zero-order valence-corrected chi connectivity index (χ0v) is 14.7. The fraction of sp³-hybridized carbons (Fsp3) is 0.150. The Morgan fingerprint density at radius 2 is 1.96 bits per heavy atom. The number of fused-ring (bicyclic) bond motifs is 1. The lowest BCUT2D eigenvalue weighted by molar-refractivity contribution is 0.0953. The van der Waals surface area contributed by atoms with Crippen molar-refractivity contribution in [3.63, 3.8) is 0 Å². The number of carbonyl (C=O) groups is 1. The molecule has 0 aliphatic rings. The molecule has 4 aromatic rings. The number of aromatic amines is 1. The van der Waals surface area contributed by atoms with Crippen LogP contribution in [0.4, 0.5) is 4.39 Å². The van der Waals surface area contributed by atoms with Gasteiger partial charge in [-0.05, 0) is 43.3 Å². The molecule has 0 saturated heterocycles. The van der Waals surface area contributed by atoms with Crippen molar-refractivity contribution in [1.29, 1.82) is 0 Å². The number of H-pyrrole nitrogens is 1. The summed E-state index contributed by atoms with van der Waals surface area (Å²) >= 11 is 0. The molecule has 2 N–H and O–H groups in total. The number of hydrogen-bond donors (Lipinski definition) is 2. The lowest BCUT2D eigenvalue weighted by Crippen LogP contribution is -2.26. The molecule has 136 valence electrons. The molecule has 0 bridgehead atoms. The van der Waals surface area contributed by atoms with Crippen molar-refractivity contribution in [2.45, 2.75) is 13.3 Å². The quantitative estimate of drug-likeness (QED) is 0.572. The minimum absolute atomic E-state index is 0.197. The van der Waals surface area contributed by atoms with Gasteiger partial charge in [0.25, 0.3) is 5.91 Å². The summed E-state index contributed by atoms with van der Waals surface area (Å²) in [6, 6.07) is 13.8. The van der Waals surface area contributed by atoms with E-state index in [1.54, 1.807) is 16.8 Å². The first-order chi connectivity index (χ1) is 13.1. The molecule has 0 atom stereocenters. The smallest absolute Gasteiger partial charge is 0.254 e. The second kappa shape index (κ2) is 7.03. The first kappa shape index (κ1) is 17.0. The SMILES string of the molecule is Cc1c(C(=O)NCCc2nc3ccccc3[nH]2)cnn1-c1ccc(F)cc1. The van der Waals surface area contributed by atoms with Crippen LogP contribution in [0.2, 0.25) is 0 Å². The zero-order chi connectivity index (χ0) is 18.8. The van der Waals surface area contributed by atoms with E-state index in [0.717, 1.165) is 16.9 Å². The van der Waals surface area contributed by atoms with Crippen molar-refractivity contribution in [3.8, 4) is 5.69 Å². The Labute approximate surface area is 155 Å². The van der Waals surface area contributed by atoms with Gasteiger partial charge in [-0.25, -0.2) is 14.1 Å². The Bertz CT molecular complexity index is 1060. The number of amides is 1. The van der Waals surface area contributed by atoms with Crippen molar-refractivity contribution in [2.24, 2.45) is 0 Å². The summed E-state index contributed by atoms with van der Waals surface area (Å²) in [6.45, 7) is 2.27.